The molecule has 0 unspecified atom stereocenters. The first kappa shape index (κ1) is 15.4. The standard InChI is InChI=1S/2C6H9N3O/c2*1-4-6(3-7-9-4)8-5(2)10/h2*3H,1-2H3,(H,7,9)(H,8,10). The molecule has 0 aliphatic carbocycles. The predicted molar refractivity (Wildman–Crippen MR) is 75.3 cm³/mol. The number of nitrogens with one attached hydrogen (secondary N) is 4. The minimum absolute atomic E-state index is 0.0792. The third kappa shape index (κ3) is 4.92. The van der Waals surface area contributed by atoms with E-state index in [0.29, 0.717) is 0 Å². The number of aryl methyl sites for hydroxylation is 2. The summed E-state index contributed by atoms with van der Waals surface area (Å²) in [5.41, 5.74) is 3.23. The van der Waals surface area contributed by atoms with Gasteiger partial charge in [-0.2, -0.15) is 10.2 Å². The number of hydrogen-bond acceptors (Lipinski definition) is 4. The summed E-state index contributed by atoms with van der Waals surface area (Å²) in [4.78, 5) is 21.0. The molecule has 20 heavy (non-hydrogen) atoms. The highest BCUT2D eigenvalue weighted by Crippen LogP contribution is 2.08. The number of rotatable bonds is 2. The van der Waals surface area contributed by atoms with Gasteiger partial charge in [0.2, 0.25) is 11.8 Å². The van der Waals surface area contributed by atoms with E-state index in [-0.39, 0.29) is 11.8 Å². The third-order valence-electron chi connectivity index (χ3n) is 2.28. The Labute approximate surface area is 116 Å². The average molecular weight is 278 g/mol. The van der Waals surface area contributed by atoms with Crippen LogP contribution in [0.3, 0.4) is 0 Å². The fraction of sp³-hybridized carbons (Fsp3) is 0.333. The molecule has 0 bridgehead atoms. The van der Waals surface area contributed by atoms with Gasteiger partial charge in [0.25, 0.3) is 0 Å². The topological polar surface area (TPSA) is 116 Å². The molecule has 0 spiro atoms. The van der Waals surface area contributed by atoms with Gasteiger partial charge < -0.3 is 10.6 Å². The quantitative estimate of drug-likeness (QED) is 0.663. The number of carbonyl (C=O) groups is 2. The Kier molecular flexibility index (Phi) is 5.45. The van der Waals surface area contributed by atoms with Crippen LogP contribution in [0.1, 0.15) is 25.2 Å². The van der Waals surface area contributed by atoms with Crippen LogP contribution in [-0.4, -0.2) is 32.2 Å². The smallest absolute Gasteiger partial charge is 0.221 e. The highest BCUT2D eigenvalue weighted by molar-refractivity contribution is 5.89. The van der Waals surface area contributed by atoms with Crippen molar-refractivity contribution in [2.45, 2.75) is 27.7 Å². The number of anilines is 2. The molecule has 2 aromatic heterocycles. The van der Waals surface area contributed by atoms with Gasteiger partial charge in [-0.15, -0.1) is 0 Å². The fourth-order valence-electron chi connectivity index (χ4n) is 1.33. The Morgan fingerprint density at radius 3 is 1.45 bits per heavy atom. The number of aromatic nitrogens is 4. The zero-order chi connectivity index (χ0) is 15.1. The third-order valence-corrected chi connectivity index (χ3v) is 2.28. The van der Waals surface area contributed by atoms with Crippen molar-refractivity contribution >= 4 is 23.2 Å². The highest BCUT2D eigenvalue weighted by Gasteiger charge is 2.00. The lowest BCUT2D eigenvalue weighted by Crippen LogP contribution is -2.05. The molecule has 2 aromatic rings. The molecule has 0 aliphatic heterocycles. The van der Waals surface area contributed by atoms with Crippen LogP contribution >= 0.6 is 0 Å². The summed E-state index contributed by atoms with van der Waals surface area (Å²) >= 11 is 0. The molecule has 0 radical (unpaired) electrons. The molecule has 8 heteroatoms. The number of amides is 2. The molecular formula is C12H18N6O2. The first-order chi connectivity index (χ1) is 9.40. The van der Waals surface area contributed by atoms with Gasteiger partial charge >= 0.3 is 0 Å². The fourth-order valence-corrected chi connectivity index (χ4v) is 1.33. The average Bonchev–Trinajstić information content (AvgIpc) is 2.90. The molecule has 4 N–H and O–H groups in total. The lowest BCUT2D eigenvalue weighted by Gasteiger charge is -1.96. The molecule has 8 nitrogen and oxygen atoms in total. The summed E-state index contributed by atoms with van der Waals surface area (Å²) in [7, 11) is 0. The number of carbonyl (C=O) groups excluding carboxylic acids is 2. The zero-order valence-corrected chi connectivity index (χ0v) is 11.9. The maximum Gasteiger partial charge on any atom is 0.221 e. The molecule has 0 fully saturated rings. The van der Waals surface area contributed by atoms with Crippen LogP contribution < -0.4 is 10.6 Å². The Bertz CT molecular complexity index is 534. The molecule has 2 heterocycles. The van der Waals surface area contributed by atoms with Crippen LogP contribution in [0.5, 0.6) is 0 Å². The summed E-state index contributed by atoms with van der Waals surface area (Å²) in [6.45, 7) is 6.62. The van der Waals surface area contributed by atoms with E-state index in [1.165, 1.54) is 13.8 Å². The minimum Gasteiger partial charge on any atom is -0.323 e. The second kappa shape index (κ2) is 7.07. The van der Waals surface area contributed by atoms with E-state index in [0.717, 1.165) is 22.8 Å². The Morgan fingerprint density at radius 2 is 1.25 bits per heavy atom. The lowest BCUT2D eigenvalue weighted by atomic mass is 10.4. The van der Waals surface area contributed by atoms with Crippen LogP contribution in [0.4, 0.5) is 11.4 Å². The normalized spacial score (nSPS) is 9.40. The van der Waals surface area contributed by atoms with E-state index in [2.05, 4.69) is 31.0 Å². The summed E-state index contributed by atoms with van der Waals surface area (Å²) in [5.74, 6) is -0.158. The van der Waals surface area contributed by atoms with E-state index < -0.39 is 0 Å². The van der Waals surface area contributed by atoms with Crippen molar-refractivity contribution in [1.29, 1.82) is 0 Å². The maximum atomic E-state index is 10.5. The van der Waals surface area contributed by atoms with Gasteiger partial charge in [-0.05, 0) is 13.8 Å². The van der Waals surface area contributed by atoms with Gasteiger partial charge in [-0.25, -0.2) is 0 Å². The van der Waals surface area contributed by atoms with Crippen molar-refractivity contribution in [2.75, 3.05) is 10.6 Å². The molecule has 0 saturated carbocycles. The van der Waals surface area contributed by atoms with Gasteiger partial charge in [-0.3, -0.25) is 19.8 Å². The van der Waals surface area contributed by atoms with Gasteiger partial charge in [-0.1, -0.05) is 0 Å². The van der Waals surface area contributed by atoms with Gasteiger partial charge in [0.05, 0.1) is 35.2 Å². The summed E-state index contributed by atoms with van der Waals surface area (Å²) in [5, 5.41) is 18.1. The number of hydrogen-bond donors (Lipinski definition) is 4. The molecule has 0 aromatic carbocycles. The maximum absolute atomic E-state index is 10.5. The van der Waals surface area contributed by atoms with Crippen LogP contribution in [0.15, 0.2) is 12.4 Å². The van der Waals surface area contributed by atoms with Crippen molar-refractivity contribution < 1.29 is 9.59 Å². The van der Waals surface area contributed by atoms with E-state index >= 15 is 0 Å². The molecular weight excluding hydrogens is 260 g/mol. The van der Waals surface area contributed by atoms with Crippen molar-refractivity contribution in [3.05, 3.63) is 23.8 Å². The number of nitrogens with zero attached hydrogens (tertiary/aromatic N) is 2. The van der Waals surface area contributed by atoms with Crippen LogP contribution in [0.25, 0.3) is 0 Å². The van der Waals surface area contributed by atoms with E-state index in [9.17, 15) is 9.59 Å². The minimum atomic E-state index is -0.0792. The SMILES string of the molecule is CC(=O)Nc1cn[nH]c1C.CC(=O)Nc1cn[nH]c1C. The molecule has 0 saturated heterocycles. The molecule has 0 aliphatic rings. The molecule has 2 rings (SSSR count). The molecule has 0 atom stereocenters. The molecule has 108 valence electrons. The lowest BCUT2D eigenvalue weighted by molar-refractivity contribution is -0.115. The van der Waals surface area contributed by atoms with Crippen molar-refractivity contribution in [2.24, 2.45) is 0 Å². The van der Waals surface area contributed by atoms with Gasteiger partial charge in [0, 0.05) is 13.8 Å². The van der Waals surface area contributed by atoms with Gasteiger partial charge in [0.1, 0.15) is 0 Å². The Balaban J connectivity index is 0.000000200. The summed E-state index contributed by atoms with van der Waals surface area (Å²) in [6.07, 6.45) is 3.16. The Morgan fingerprint density at radius 1 is 0.900 bits per heavy atom. The zero-order valence-electron chi connectivity index (χ0n) is 11.9. The highest BCUT2D eigenvalue weighted by atomic mass is 16.2. The Hall–Kier alpha value is -2.64. The largest absolute Gasteiger partial charge is 0.323 e. The number of aromatic amines is 2. The first-order valence-electron chi connectivity index (χ1n) is 5.95. The van der Waals surface area contributed by atoms with E-state index in [4.69, 9.17) is 0 Å². The second-order valence-corrected chi connectivity index (χ2v) is 4.18. The second-order valence-electron chi connectivity index (χ2n) is 4.18. The van der Waals surface area contributed by atoms with Crippen molar-refractivity contribution in [3.8, 4) is 0 Å². The monoisotopic (exact) mass is 278 g/mol. The van der Waals surface area contributed by atoms with E-state index in [1.54, 1.807) is 12.4 Å². The first-order valence-corrected chi connectivity index (χ1v) is 5.95. The van der Waals surface area contributed by atoms with Crippen molar-refractivity contribution in [3.63, 3.8) is 0 Å². The summed E-state index contributed by atoms with van der Waals surface area (Å²) < 4.78 is 0. The van der Waals surface area contributed by atoms with Gasteiger partial charge in [0.15, 0.2) is 0 Å². The van der Waals surface area contributed by atoms with Crippen LogP contribution in [0.2, 0.25) is 0 Å². The van der Waals surface area contributed by atoms with Crippen LogP contribution in [0, 0.1) is 13.8 Å². The molecule has 2 amide bonds. The van der Waals surface area contributed by atoms with Crippen molar-refractivity contribution in [1.82, 2.24) is 20.4 Å². The van der Waals surface area contributed by atoms with E-state index in [1.807, 2.05) is 13.8 Å². The summed E-state index contributed by atoms with van der Waals surface area (Å²) in [6, 6.07) is 0. The predicted octanol–water partition coefficient (Wildman–Crippen LogP) is 1.35. The number of H-pyrrole nitrogens is 2. The van der Waals surface area contributed by atoms with Crippen LogP contribution in [-0.2, 0) is 9.59 Å².